The Hall–Kier alpha value is -1.56. The number of ether oxygens (including phenoxy) is 1. The summed E-state index contributed by atoms with van der Waals surface area (Å²) in [5, 5.41) is 15.7. The fourth-order valence-corrected chi connectivity index (χ4v) is 1.70. The molecule has 0 amide bonds. The maximum Gasteiger partial charge on any atom is 0.321 e. The molecule has 1 atom stereocenters. The molecule has 0 radical (unpaired) electrons. The molecule has 0 aromatic carbocycles. The molecule has 2 rings (SSSR count). The summed E-state index contributed by atoms with van der Waals surface area (Å²) < 4.78 is 10.8. The predicted molar refractivity (Wildman–Crippen MR) is 58.9 cm³/mol. The third-order valence-electron chi connectivity index (χ3n) is 2.45. The number of aliphatic carboxylic acids is 1. The van der Waals surface area contributed by atoms with Crippen LogP contribution in [-0.4, -0.2) is 27.9 Å². The fraction of sp³-hybridized carbons (Fsp3) is 0.636. The van der Waals surface area contributed by atoms with E-state index in [1.54, 1.807) is 0 Å². The van der Waals surface area contributed by atoms with Crippen molar-refractivity contribution in [2.75, 3.05) is 0 Å². The molecule has 94 valence electrons. The predicted octanol–water partition coefficient (Wildman–Crippen LogP) is 0.951. The van der Waals surface area contributed by atoms with Crippen LogP contribution in [0.1, 0.15) is 32.1 Å². The van der Waals surface area contributed by atoms with Crippen LogP contribution in [0.25, 0.3) is 0 Å². The Bertz CT molecular complexity index is 433. The largest absolute Gasteiger partial charge is 0.480 e. The van der Waals surface area contributed by atoms with Crippen molar-refractivity contribution in [3.8, 4) is 5.88 Å². The minimum absolute atomic E-state index is 0.333. The number of hydrogen-bond donors (Lipinski definition) is 2. The second-order valence-corrected chi connectivity index (χ2v) is 5.08. The summed E-state index contributed by atoms with van der Waals surface area (Å²) in [4.78, 5) is 10.9. The molecule has 1 aliphatic rings. The molecule has 1 aromatic rings. The fourth-order valence-electron chi connectivity index (χ4n) is 1.70. The molecule has 0 saturated carbocycles. The number of fused-ring (bicyclic) bond motifs is 1. The van der Waals surface area contributed by atoms with Crippen LogP contribution in [0.4, 0.5) is 0 Å². The van der Waals surface area contributed by atoms with Gasteiger partial charge in [-0.05, 0) is 25.9 Å². The first-order valence-corrected chi connectivity index (χ1v) is 5.49. The Morgan fingerprint density at radius 3 is 2.88 bits per heavy atom. The third kappa shape index (κ3) is 2.58. The highest BCUT2D eigenvalue weighted by molar-refractivity contribution is 5.74. The van der Waals surface area contributed by atoms with Gasteiger partial charge in [0.05, 0.1) is 12.1 Å². The van der Waals surface area contributed by atoms with Gasteiger partial charge in [0.15, 0.2) is 5.76 Å². The zero-order valence-corrected chi connectivity index (χ0v) is 10.1. The van der Waals surface area contributed by atoms with E-state index in [-0.39, 0.29) is 5.60 Å². The van der Waals surface area contributed by atoms with Gasteiger partial charge in [-0.25, -0.2) is 0 Å². The lowest BCUT2D eigenvalue weighted by molar-refractivity contribution is -0.139. The van der Waals surface area contributed by atoms with Crippen LogP contribution in [0.2, 0.25) is 0 Å². The van der Waals surface area contributed by atoms with Gasteiger partial charge in [0, 0.05) is 6.42 Å². The van der Waals surface area contributed by atoms with Crippen LogP contribution in [0.15, 0.2) is 4.52 Å². The van der Waals surface area contributed by atoms with Crippen molar-refractivity contribution >= 4 is 5.97 Å². The first-order chi connectivity index (χ1) is 7.87. The molecule has 1 aromatic heterocycles. The summed E-state index contributed by atoms with van der Waals surface area (Å²) in [5.74, 6) is 0.181. The SMILES string of the molecule is CC(C)(C)Oc1noc2c1C[C@H](C(=O)O)NC2. The van der Waals surface area contributed by atoms with E-state index >= 15 is 0 Å². The molecular formula is C11H16N2O4. The van der Waals surface area contributed by atoms with Crippen LogP contribution in [0.5, 0.6) is 5.88 Å². The van der Waals surface area contributed by atoms with Gasteiger partial charge >= 0.3 is 5.97 Å². The lowest BCUT2D eigenvalue weighted by Gasteiger charge is -2.22. The van der Waals surface area contributed by atoms with Gasteiger partial charge in [-0.1, -0.05) is 0 Å². The third-order valence-corrected chi connectivity index (χ3v) is 2.45. The van der Waals surface area contributed by atoms with Gasteiger partial charge in [-0.3, -0.25) is 10.1 Å². The van der Waals surface area contributed by atoms with Crippen LogP contribution >= 0.6 is 0 Å². The topological polar surface area (TPSA) is 84.6 Å². The molecule has 0 fully saturated rings. The number of carboxylic acids is 1. The number of hydrogen-bond acceptors (Lipinski definition) is 5. The molecular weight excluding hydrogens is 224 g/mol. The van der Waals surface area contributed by atoms with Crippen molar-refractivity contribution in [2.45, 2.75) is 45.4 Å². The van der Waals surface area contributed by atoms with E-state index in [2.05, 4.69) is 10.5 Å². The molecule has 0 bridgehead atoms. The van der Waals surface area contributed by atoms with Gasteiger partial charge < -0.3 is 14.4 Å². The molecule has 0 unspecified atom stereocenters. The Kier molecular flexibility index (Phi) is 2.82. The van der Waals surface area contributed by atoms with Gasteiger partial charge in [0.1, 0.15) is 11.6 Å². The number of carboxylic acid groups (broad SMARTS) is 1. The highest BCUT2D eigenvalue weighted by atomic mass is 16.6. The van der Waals surface area contributed by atoms with Gasteiger partial charge in [0.25, 0.3) is 5.88 Å². The van der Waals surface area contributed by atoms with E-state index in [0.717, 1.165) is 5.56 Å². The maximum absolute atomic E-state index is 10.9. The Balaban J connectivity index is 2.22. The van der Waals surface area contributed by atoms with Gasteiger partial charge in [0.2, 0.25) is 0 Å². The summed E-state index contributed by atoms with van der Waals surface area (Å²) in [6, 6.07) is -0.607. The monoisotopic (exact) mass is 240 g/mol. The smallest absolute Gasteiger partial charge is 0.321 e. The second-order valence-electron chi connectivity index (χ2n) is 5.08. The average Bonchev–Trinajstić information content (AvgIpc) is 2.58. The highest BCUT2D eigenvalue weighted by Gasteiger charge is 2.31. The van der Waals surface area contributed by atoms with Crippen molar-refractivity contribution in [1.29, 1.82) is 0 Å². The van der Waals surface area contributed by atoms with Crippen LogP contribution in [0, 0.1) is 0 Å². The van der Waals surface area contributed by atoms with Crippen LogP contribution in [0.3, 0.4) is 0 Å². The lowest BCUT2D eigenvalue weighted by atomic mass is 10.0. The number of carbonyl (C=O) groups is 1. The Morgan fingerprint density at radius 2 is 2.29 bits per heavy atom. The van der Waals surface area contributed by atoms with E-state index in [1.165, 1.54) is 0 Å². The van der Waals surface area contributed by atoms with Crippen molar-refractivity contribution < 1.29 is 19.2 Å². The van der Waals surface area contributed by atoms with E-state index in [1.807, 2.05) is 20.8 Å². The molecule has 2 N–H and O–H groups in total. The molecule has 2 heterocycles. The standard InChI is InChI=1S/C11H16N2O4/c1-11(2,3)16-9-6-4-7(10(14)15)12-5-8(6)17-13-9/h7,12H,4-5H2,1-3H3,(H,14,15)/t7-/m1/s1. The summed E-state index contributed by atoms with van der Waals surface area (Å²) in [6.07, 6.45) is 0.333. The lowest BCUT2D eigenvalue weighted by Crippen LogP contribution is -2.41. The zero-order valence-electron chi connectivity index (χ0n) is 10.1. The van der Waals surface area contributed by atoms with Crippen LogP contribution < -0.4 is 10.1 Å². The summed E-state index contributed by atoms with van der Waals surface area (Å²) >= 11 is 0. The van der Waals surface area contributed by atoms with Gasteiger partial charge in [-0.2, -0.15) is 0 Å². The Labute approximate surface area is 98.9 Å². The molecule has 0 saturated heterocycles. The molecule has 0 spiro atoms. The molecule has 17 heavy (non-hydrogen) atoms. The quantitative estimate of drug-likeness (QED) is 0.800. The second kappa shape index (κ2) is 4.03. The summed E-state index contributed by atoms with van der Waals surface area (Å²) in [6.45, 7) is 6.09. The van der Waals surface area contributed by atoms with Crippen LogP contribution in [-0.2, 0) is 17.8 Å². The average molecular weight is 240 g/mol. The summed E-state index contributed by atoms with van der Waals surface area (Å²) in [7, 11) is 0. The Morgan fingerprint density at radius 1 is 1.59 bits per heavy atom. The zero-order chi connectivity index (χ0) is 12.6. The van der Waals surface area contributed by atoms with Gasteiger partial charge in [-0.15, -0.1) is 0 Å². The van der Waals surface area contributed by atoms with E-state index in [0.29, 0.717) is 24.6 Å². The highest BCUT2D eigenvalue weighted by Crippen LogP contribution is 2.28. The van der Waals surface area contributed by atoms with Crippen molar-refractivity contribution in [3.63, 3.8) is 0 Å². The molecule has 0 aliphatic carbocycles. The number of nitrogens with zero attached hydrogens (tertiary/aromatic N) is 1. The van der Waals surface area contributed by atoms with Crippen molar-refractivity contribution in [3.05, 3.63) is 11.3 Å². The number of rotatable bonds is 2. The molecule has 1 aliphatic heterocycles. The first-order valence-electron chi connectivity index (χ1n) is 5.49. The minimum atomic E-state index is -0.876. The van der Waals surface area contributed by atoms with E-state index in [9.17, 15) is 4.79 Å². The normalized spacial score (nSPS) is 19.8. The first kappa shape index (κ1) is 11.9. The van der Waals surface area contributed by atoms with Crippen molar-refractivity contribution in [1.82, 2.24) is 10.5 Å². The van der Waals surface area contributed by atoms with E-state index in [4.69, 9.17) is 14.4 Å². The van der Waals surface area contributed by atoms with E-state index < -0.39 is 12.0 Å². The number of aromatic nitrogens is 1. The summed E-state index contributed by atoms with van der Waals surface area (Å²) in [5.41, 5.74) is 0.375. The molecule has 6 heteroatoms. The number of nitrogens with one attached hydrogen (secondary N) is 1. The maximum atomic E-state index is 10.9. The molecule has 6 nitrogen and oxygen atoms in total. The minimum Gasteiger partial charge on any atom is -0.480 e. The van der Waals surface area contributed by atoms with Crippen molar-refractivity contribution in [2.24, 2.45) is 0 Å².